The van der Waals surface area contributed by atoms with Crippen LogP contribution in [0.25, 0.3) is 0 Å². The number of carbonyl (C=O) groups excluding carboxylic acids is 3. The predicted octanol–water partition coefficient (Wildman–Crippen LogP) is 2.42. The number of carbonyl (C=O) groups is 3. The van der Waals surface area contributed by atoms with Crippen LogP contribution in [-0.4, -0.2) is 24.3 Å². The Labute approximate surface area is 161 Å². The van der Waals surface area contributed by atoms with Gasteiger partial charge in [-0.25, -0.2) is 4.39 Å². The van der Waals surface area contributed by atoms with Crippen molar-refractivity contribution in [2.24, 2.45) is 11.8 Å². The molecule has 2 aromatic rings. The van der Waals surface area contributed by atoms with Gasteiger partial charge in [-0.05, 0) is 55.9 Å². The van der Waals surface area contributed by atoms with Gasteiger partial charge in [-0.2, -0.15) is 0 Å². The monoisotopic (exact) mass is 387 g/mol. The quantitative estimate of drug-likeness (QED) is 0.686. The lowest BCUT2D eigenvalue weighted by atomic mass is 9.81. The molecule has 0 saturated heterocycles. The second-order valence-electron chi connectivity index (χ2n) is 6.83. The van der Waals surface area contributed by atoms with Crippen molar-refractivity contribution in [3.63, 3.8) is 0 Å². The average molecular weight is 387 g/mol. The average Bonchev–Trinajstić information content (AvgIpc) is 3.26. The topological polar surface area (TPSA) is 100 Å². The SMILES string of the molecule is O=C(NNC(=O)C1CCC(CNC(=O)c2ccccc2F)CC1)c1ccco1. The maximum absolute atomic E-state index is 13.6. The van der Waals surface area contributed by atoms with E-state index in [0.717, 1.165) is 12.8 Å². The molecule has 1 aromatic carbocycles. The first-order valence-electron chi connectivity index (χ1n) is 9.21. The molecule has 7 nitrogen and oxygen atoms in total. The van der Waals surface area contributed by atoms with Gasteiger partial charge in [-0.15, -0.1) is 0 Å². The van der Waals surface area contributed by atoms with Crippen LogP contribution in [0.4, 0.5) is 4.39 Å². The molecule has 1 aliphatic rings. The van der Waals surface area contributed by atoms with Gasteiger partial charge >= 0.3 is 5.91 Å². The van der Waals surface area contributed by atoms with Crippen LogP contribution in [0.1, 0.15) is 46.6 Å². The van der Waals surface area contributed by atoms with E-state index < -0.39 is 17.6 Å². The van der Waals surface area contributed by atoms with Crippen LogP contribution in [-0.2, 0) is 4.79 Å². The summed E-state index contributed by atoms with van der Waals surface area (Å²) in [5.41, 5.74) is 4.79. The lowest BCUT2D eigenvalue weighted by Crippen LogP contribution is -2.45. The number of furan rings is 1. The number of hydrazine groups is 1. The van der Waals surface area contributed by atoms with Crippen molar-refractivity contribution in [2.75, 3.05) is 6.54 Å². The first-order valence-corrected chi connectivity index (χ1v) is 9.21. The van der Waals surface area contributed by atoms with E-state index in [-0.39, 0.29) is 29.1 Å². The smallest absolute Gasteiger partial charge is 0.305 e. The van der Waals surface area contributed by atoms with Gasteiger partial charge in [0.1, 0.15) is 5.82 Å². The molecule has 1 heterocycles. The molecule has 0 aliphatic heterocycles. The van der Waals surface area contributed by atoms with Crippen molar-refractivity contribution in [1.82, 2.24) is 16.2 Å². The van der Waals surface area contributed by atoms with Gasteiger partial charge in [0.15, 0.2) is 5.76 Å². The fourth-order valence-electron chi connectivity index (χ4n) is 3.30. The van der Waals surface area contributed by atoms with Crippen LogP contribution in [0.15, 0.2) is 47.1 Å². The molecular formula is C20H22FN3O4. The number of hydrogen-bond donors (Lipinski definition) is 3. The summed E-state index contributed by atoms with van der Waals surface area (Å²) in [6, 6.07) is 8.94. The molecule has 1 saturated carbocycles. The fraction of sp³-hybridized carbons (Fsp3) is 0.350. The molecular weight excluding hydrogens is 365 g/mol. The Hall–Kier alpha value is -3.16. The van der Waals surface area contributed by atoms with E-state index in [1.807, 2.05) is 0 Å². The fourth-order valence-corrected chi connectivity index (χ4v) is 3.30. The minimum Gasteiger partial charge on any atom is -0.459 e. The van der Waals surface area contributed by atoms with Gasteiger partial charge in [0, 0.05) is 12.5 Å². The van der Waals surface area contributed by atoms with Crippen molar-refractivity contribution in [1.29, 1.82) is 0 Å². The highest BCUT2D eigenvalue weighted by molar-refractivity contribution is 5.94. The summed E-state index contributed by atoms with van der Waals surface area (Å²) < 4.78 is 18.6. The normalized spacial score (nSPS) is 18.9. The summed E-state index contributed by atoms with van der Waals surface area (Å²) >= 11 is 0. The summed E-state index contributed by atoms with van der Waals surface area (Å²) in [6.45, 7) is 0.441. The zero-order valence-electron chi connectivity index (χ0n) is 15.2. The van der Waals surface area contributed by atoms with Crippen molar-refractivity contribution in [2.45, 2.75) is 25.7 Å². The molecule has 1 fully saturated rings. The summed E-state index contributed by atoms with van der Waals surface area (Å²) in [6.07, 6.45) is 4.22. The molecule has 148 valence electrons. The standard InChI is InChI=1S/C20H22FN3O4/c21-16-5-2-1-4-15(16)19(26)22-12-13-7-9-14(10-8-13)18(25)23-24-20(27)17-6-3-11-28-17/h1-6,11,13-14H,7-10,12H2,(H,22,26)(H,23,25)(H,24,27). The Morgan fingerprint density at radius 2 is 1.71 bits per heavy atom. The third-order valence-corrected chi connectivity index (χ3v) is 4.93. The first-order chi connectivity index (χ1) is 13.5. The van der Waals surface area contributed by atoms with Crippen LogP contribution in [0.3, 0.4) is 0 Å². The van der Waals surface area contributed by atoms with E-state index in [1.165, 1.54) is 30.5 Å². The molecule has 8 heteroatoms. The summed E-state index contributed by atoms with van der Waals surface area (Å²) in [5.74, 6) is -1.57. The van der Waals surface area contributed by atoms with Crippen LogP contribution in [0.2, 0.25) is 0 Å². The second-order valence-corrected chi connectivity index (χ2v) is 6.83. The lowest BCUT2D eigenvalue weighted by Gasteiger charge is -2.27. The zero-order chi connectivity index (χ0) is 19.9. The van der Waals surface area contributed by atoms with Crippen molar-refractivity contribution < 1.29 is 23.2 Å². The molecule has 28 heavy (non-hydrogen) atoms. The highest BCUT2D eigenvalue weighted by Gasteiger charge is 2.27. The minimum atomic E-state index is -0.544. The van der Waals surface area contributed by atoms with Crippen molar-refractivity contribution >= 4 is 17.7 Å². The maximum atomic E-state index is 13.6. The molecule has 1 aliphatic carbocycles. The molecule has 0 bridgehead atoms. The van der Waals surface area contributed by atoms with E-state index in [0.29, 0.717) is 19.4 Å². The number of rotatable bonds is 5. The molecule has 3 N–H and O–H groups in total. The van der Waals surface area contributed by atoms with Crippen LogP contribution < -0.4 is 16.2 Å². The highest BCUT2D eigenvalue weighted by atomic mass is 19.1. The van der Waals surface area contributed by atoms with Crippen LogP contribution in [0, 0.1) is 17.7 Å². The molecule has 3 rings (SSSR count). The third-order valence-electron chi connectivity index (χ3n) is 4.93. The Bertz CT molecular complexity index is 830. The summed E-state index contributed by atoms with van der Waals surface area (Å²) in [4.78, 5) is 36.0. The third kappa shape index (κ3) is 4.97. The Balaban J connectivity index is 1.38. The van der Waals surface area contributed by atoms with Crippen molar-refractivity contribution in [3.8, 4) is 0 Å². The second kappa shape index (κ2) is 9.16. The summed E-state index contributed by atoms with van der Waals surface area (Å²) in [5, 5.41) is 2.76. The van der Waals surface area contributed by atoms with E-state index in [1.54, 1.807) is 12.1 Å². The maximum Gasteiger partial charge on any atom is 0.305 e. The predicted molar refractivity (Wildman–Crippen MR) is 98.5 cm³/mol. The molecule has 0 spiro atoms. The Morgan fingerprint density at radius 3 is 2.39 bits per heavy atom. The van der Waals surface area contributed by atoms with Crippen molar-refractivity contribution in [3.05, 3.63) is 59.8 Å². The van der Waals surface area contributed by atoms with E-state index >= 15 is 0 Å². The van der Waals surface area contributed by atoms with Gasteiger partial charge in [0.25, 0.3) is 5.91 Å². The number of halogens is 1. The van der Waals surface area contributed by atoms with E-state index in [4.69, 9.17) is 4.42 Å². The molecule has 0 radical (unpaired) electrons. The zero-order valence-corrected chi connectivity index (χ0v) is 15.2. The highest BCUT2D eigenvalue weighted by Crippen LogP contribution is 2.28. The first kappa shape index (κ1) is 19.6. The molecule has 3 amide bonds. The van der Waals surface area contributed by atoms with E-state index in [9.17, 15) is 18.8 Å². The van der Waals surface area contributed by atoms with Crippen LogP contribution >= 0.6 is 0 Å². The number of amides is 3. The van der Waals surface area contributed by atoms with Gasteiger partial charge in [0.2, 0.25) is 5.91 Å². The largest absolute Gasteiger partial charge is 0.459 e. The summed E-state index contributed by atoms with van der Waals surface area (Å²) in [7, 11) is 0. The number of hydrogen-bond acceptors (Lipinski definition) is 4. The Kier molecular flexibility index (Phi) is 6.41. The van der Waals surface area contributed by atoms with Crippen LogP contribution in [0.5, 0.6) is 0 Å². The van der Waals surface area contributed by atoms with Gasteiger partial charge in [-0.3, -0.25) is 25.2 Å². The number of benzene rings is 1. The molecule has 0 unspecified atom stereocenters. The van der Waals surface area contributed by atoms with E-state index in [2.05, 4.69) is 16.2 Å². The molecule has 0 atom stereocenters. The van der Waals surface area contributed by atoms with Gasteiger partial charge in [-0.1, -0.05) is 12.1 Å². The minimum absolute atomic E-state index is 0.0304. The van der Waals surface area contributed by atoms with Gasteiger partial charge in [0.05, 0.1) is 11.8 Å². The lowest BCUT2D eigenvalue weighted by molar-refractivity contribution is -0.127. The molecule has 1 aromatic heterocycles. The number of nitrogens with one attached hydrogen (secondary N) is 3. The Morgan fingerprint density at radius 1 is 0.964 bits per heavy atom. The van der Waals surface area contributed by atoms with Gasteiger partial charge < -0.3 is 9.73 Å².